The second-order valence-electron chi connectivity index (χ2n) is 5.80. The van der Waals surface area contributed by atoms with Gasteiger partial charge in [-0.05, 0) is 57.4 Å². The Hall–Kier alpha value is -1.42. The largest absolute Gasteiger partial charge is 0.496 e. The lowest BCUT2D eigenvalue weighted by atomic mass is 10.1. The molecule has 2 N–H and O–H groups in total. The number of carbonyl (C=O) groups excluding carboxylic acids is 1. The summed E-state index contributed by atoms with van der Waals surface area (Å²) in [5, 5.41) is 6.36. The predicted molar refractivity (Wildman–Crippen MR) is 82.7 cm³/mol. The molecule has 5 heteroatoms. The number of hydrogen-bond donors (Lipinski definition) is 2. The van der Waals surface area contributed by atoms with Crippen LogP contribution in [0.4, 0.5) is 4.79 Å². The Morgan fingerprint density at radius 2 is 2.00 bits per heavy atom. The van der Waals surface area contributed by atoms with Crippen molar-refractivity contribution in [3.05, 3.63) is 28.3 Å². The van der Waals surface area contributed by atoms with Gasteiger partial charge in [0.2, 0.25) is 0 Å². The zero-order valence-electron chi connectivity index (χ0n) is 12.8. The summed E-state index contributed by atoms with van der Waals surface area (Å²) in [6.45, 7) is 8.30. The van der Waals surface area contributed by atoms with Crippen molar-refractivity contribution in [3.63, 3.8) is 0 Å². The summed E-state index contributed by atoms with van der Waals surface area (Å²) in [5.74, 6) is 0.826. The zero-order chi connectivity index (χ0) is 15.3. The Morgan fingerprint density at radius 3 is 2.55 bits per heavy atom. The highest BCUT2D eigenvalue weighted by Gasteiger charge is 2.13. The quantitative estimate of drug-likeness (QED) is 0.896. The molecular weight excluding hydrogens is 276 g/mol. The molecule has 0 fully saturated rings. The fourth-order valence-electron chi connectivity index (χ4n) is 1.97. The summed E-state index contributed by atoms with van der Waals surface area (Å²) in [7, 11) is 1.64. The SMILES string of the molecule is COc1c(C)cc(Cl)cc1CCNC(=O)NC(C)(C)C. The van der Waals surface area contributed by atoms with Crippen LogP contribution < -0.4 is 15.4 Å². The molecule has 2 amide bonds. The fraction of sp³-hybridized carbons (Fsp3) is 0.533. The first-order valence-electron chi connectivity index (χ1n) is 6.62. The Morgan fingerprint density at radius 1 is 1.35 bits per heavy atom. The van der Waals surface area contributed by atoms with Gasteiger partial charge in [0.1, 0.15) is 5.75 Å². The number of methoxy groups -OCH3 is 1. The zero-order valence-corrected chi connectivity index (χ0v) is 13.5. The molecule has 0 atom stereocenters. The van der Waals surface area contributed by atoms with Gasteiger partial charge >= 0.3 is 6.03 Å². The Kier molecular flexibility index (Phi) is 5.69. The number of urea groups is 1. The molecule has 0 unspecified atom stereocenters. The van der Waals surface area contributed by atoms with Crippen molar-refractivity contribution in [2.24, 2.45) is 0 Å². The number of carbonyl (C=O) groups is 1. The molecular formula is C15H23ClN2O2. The van der Waals surface area contributed by atoms with E-state index >= 15 is 0 Å². The highest BCUT2D eigenvalue weighted by molar-refractivity contribution is 6.30. The van der Waals surface area contributed by atoms with Gasteiger partial charge in [-0.3, -0.25) is 0 Å². The van der Waals surface area contributed by atoms with Gasteiger partial charge in [-0.15, -0.1) is 0 Å². The van der Waals surface area contributed by atoms with Crippen LogP contribution in [-0.4, -0.2) is 25.2 Å². The van der Waals surface area contributed by atoms with Gasteiger partial charge in [-0.1, -0.05) is 11.6 Å². The van der Waals surface area contributed by atoms with E-state index < -0.39 is 0 Å². The van der Waals surface area contributed by atoms with Crippen LogP contribution in [0.2, 0.25) is 5.02 Å². The molecule has 0 aliphatic heterocycles. The maximum Gasteiger partial charge on any atom is 0.315 e. The molecule has 0 aliphatic carbocycles. The van der Waals surface area contributed by atoms with Crippen molar-refractivity contribution in [2.75, 3.05) is 13.7 Å². The molecule has 0 saturated heterocycles. The number of ether oxygens (including phenoxy) is 1. The van der Waals surface area contributed by atoms with Crippen molar-refractivity contribution in [1.82, 2.24) is 10.6 Å². The van der Waals surface area contributed by atoms with E-state index in [0.29, 0.717) is 18.0 Å². The average molecular weight is 299 g/mol. The molecule has 4 nitrogen and oxygen atoms in total. The number of nitrogens with one attached hydrogen (secondary N) is 2. The van der Waals surface area contributed by atoms with E-state index in [1.54, 1.807) is 7.11 Å². The Balaban J connectivity index is 2.60. The second kappa shape index (κ2) is 6.84. The van der Waals surface area contributed by atoms with E-state index in [0.717, 1.165) is 16.9 Å². The summed E-state index contributed by atoms with van der Waals surface area (Å²) < 4.78 is 5.38. The van der Waals surface area contributed by atoms with E-state index in [2.05, 4.69) is 10.6 Å². The van der Waals surface area contributed by atoms with Crippen molar-refractivity contribution >= 4 is 17.6 Å². The number of benzene rings is 1. The highest BCUT2D eigenvalue weighted by Crippen LogP contribution is 2.27. The molecule has 0 heterocycles. The molecule has 1 aromatic rings. The van der Waals surface area contributed by atoms with Crippen LogP contribution in [0.1, 0.15) is 31.9 Å². The van der Waals surface area contributed by atoms with Gasteiger partial charge in [0.25, 0.3) is 0 Å². The maximum absolute atomic E-state index is 11.7. The van der Waals surface area contributed by atoms with Crippen LogP contribution in [0.5, 0.6) is 5.75 Å². The summed E-state index contributed by atoms with van der Waals surface area (Å²) in [6, 6.07) is 3.57. The van der Waals surface area contributed by atoms with E-state index in [1.165, 1.54) is 0 Å². The minimum atomic E-state index is -0.242. The topological polar surface area (TPSA) is 50.4 Å². The molecule has 0 saturated carbocycles. The minimum absolute atomic E-state index is 0.171. The third kappa shape index (κ3) is 5.29. The number of amides is 2. The normalized spacial score (nSPS) is 11.1. The first-order chi connectivity index (χ1) is 9.23. The third-order valence-electron chi connectivity index (χ3n) is 2.69. The van der Waals surface area contributed by atoms with Gasteiger partial charge in [-0.2, -0.15) is 0 Å². The van der Waals surface area contributed by atoms with E-state index in [9.17, 15) is 4.79 Å². The van der Waals surface area contributed by atoms with Gasteiger partial charge in [0.15, 0.2) is 0 Å². The van der Waals surface area contributed by atoms with Crippen LogP contribution in [0.15, 0.2) is 12.1 Å². The first-order valence-corrected chi connectivity index (χ1v) is 7.00. The molecule has 1 rings (SSSR count). The van der Waals surface area contributed by atoms with Crippen molar-refractivity contribution in [2.45, 2.75) is 39.7 Å². The molecule has 1 aromatic carbocycles. The van der Waals surface area contributed by atoms with Crippen molar-refractivity contribution < 1.29 is 9.53 Å². The lowest BCUT2D eigenvalue weighted by Gasteiger charge is -2.21. The number of rotatable bonds is 4. The third-order valence-corrected chi connectivity index (χ3v) is 2.91. The van der Waals surface area contributed by atoms with Crippen LogP contribution >= 0.6 is 11.6 Å². The summed E-state index contributed by atoms with van der Waals surface area (Å²) in [5.41, 5.74) is 1.75. The molecule has 0 bridgehead atoms. The first kappa shape index (κ1) is 16.6. The lowest BCUT2D eigenvalue weighted by Crippen LogP contribution is -2.46. The van der Waals surface area contributed by atoms with Crippen molar-refractivity contribution in [3.8, 4) is 5.75 Å². The molecule has 0 radical (unpaired) electrons. The Labute approximate surface area is 125 Å². The predicted octanol–water partition coefficient (Wildman–Crippen LogP) is 3.30. The molecule has 20 heavy (non-hydrogen) atoms. The van der Waals surface area contributed by atoms with Gasteiger partial charge < -0.3 is 15.4 Å². The van der Waals surface area contributed by atoms with Gasteiger partial charge in [0.05, 0.1) is 7.11 Å². The maximum atomic E-state index is 11.7. The number of hydrogen-bond acceptors (Lipinski definition) is 2. The number of aryl methyl sites for hydroxylation is 1. The van der Waals surface area contributed by atoms with E-state index in [-0.39, 0.29) is 11.6 Å². The number of halogens is 1. The standard InChI is InChI=1S/C15H23ClN2O2/c1-10-8-12(16)9-11(13(10)20-5)6-7-17-14(19)18-15(2,3)4/h8-9H,6-7H2,1-5H3,(H2,17,18,19). The van der Waals surface area contributed by atoms with Crippen molar-refractivity contribution in [1.29, 1.82) is 0 Å². The Bertz CT molecular complexity index is 481. The minimum Gasteiger partial charge on any atom is -0.496 e. The van der Waals surface area contributed by atoms with E-state index in [1.807, 2.05) is 39.8 Å². The average Bonchev–Trinajstić information content (AvgIpc) is 2.25. The monoisotopic (exact) mass is 298 g/mol. The highest BCUT2D eigenvalue weighted by atomic mass is 35.5. The van der Waals surface area contributed by atoms with Crippen LogP contribution in [0.3, 0.4) is 0 Å². The summed E-state index contributed by atoms with van der Waals surface area (Å²) >= 11 is 6.05. The molecule has 0 spiro atoms. The fourth-order valence-corrected chi connectivity index (χ4v) is 2.27. The smallest absolute Gasteiger partial charge is 0.315 e. The second-order valence-corrected chi connectivity index (χ2v) is 6.23. The molecule has 0 aliphatic rings. The summed E-state index contributed by atoms with van der Waals surface area (Å²) in [4.78, 5) is 11.7. The lowest BCUT2D eigenvalue weighted by molar-refractivity contribution is 0.232. The summed E-state index contributed by atoms with van der Waals surface area (Å²) in [6.07, 6.45) is 0.669. The van der Waals surface area contributed by atoms with Gasteiger partial charge in [0, 0.05) is 17.1 Å². The molecule has 112 valence electrons. The molecule has 0 aromatic heterocycles. The van der Waals surface area contributed by atoms with Crippen LogP contribution in [0.25, 0.3) is 0 Å². The van der Waals surface area contributed by atoms with Crippen LogP contribution in [0, 0.1) is 6.92 Å². The van der Waals surface area contributed by atoms with Crippen LogP contribution in [-0.2, 0) is 6.42 Å². The van der Waals surface area contributed by atoms with E-state index in [4.69, 9.17) is 16.3 Å². The van der Waals surface area contributed by atoms with Gasteiger partial charge in [-0.25, -0.2) is 4.79 Å².